The molecule has 0 aliphatic rings. The Morgan fingerprint density at radius 3 is 2.27 bits per heavy atom. The third-order valence-electron chi connectivity index (χ3n) is 3.45. The van der Waals surface area contributed by atoms with E-state index in [1.807, 2.05) is 0 Å². The molecule has 0 bridgehead atoms. The molecule has 1 aromatic heterocycles. The minimum absolute atomic E-state index is 0.0179. The Hall–Kier alpha value is -2.33. The molecular formula is C16H17F3N2O4S. The highest BCUT2D eigenvalue weighted by molar-refractivity contribution is 7.89. The van der Waals surface area contributed by atoms with E-state index in [4.69, 9.17) is 4.42 Å². The Morgan fingerprint density at radius 2 is 1.77 bits per heavy atom. The number of nitrogens with zero attached hydrogens (tertiary/aromatic N) is 1. The van der Waals surface area contributed by atoms with Crippen molar-refractivity contribution in [2.24, 2.45) is 0 Å². The summed E-state index contributed by atoms with van der Waals surface area (Å²) >= 11 is 0. The van der Waals surface area contributed by atoms with Gasteiger partial charge in [0.15, 0.2) is 0 Å². The first-order chi connectivity index (χ1) is 12.0. The first-order valence-electron chi connectivity index (χ1n) is 7.46. The van der Waals surface area contributed by atoms with Crippen molar-refractivity contribution in [1.29, 1.82) is 0 Å². The summed E-state index contributed by atoms with van der Waals surface area (Å²) < 4.78 is 67.8. The van der Waals surface area contributed by atoms with Crippen LogP contribution in [0.2, 0.25) is 0 Å². The molecule has 1 N–H and O–H groups in total. The molecule has 1 aromatic carbocycles. The summed E-state index contributed by atoms with van der Waals surface area (Å²) in [5.74, 6) is 0.183. The number of aryl methyl sites for hydroxylation is 1. The highest BCUT2D eigenvalue weighted by atomic mass is 32.2. The van der Waals surface area contributed by atoms with Crippen molar-refractivity contribution in [3.05, 3.63) is 53.5 Å². The van der Waals surface area contributed by atoms with Gasteiger partial charge in [-0.15, -0.1) is 0 Å². The number of amides is 1. The van der Waals surface area contributed by atoms with E-state index in [-0.39, 0.29) is 17.0 Å². The van der Waals surface area contributed by atoms with Crippen LogP contribution in [0.3, 0.4) is 0 Å². The molecule has 142 valence electrons. The molecule has 0 aliphatic heterocycles. The lowest BCUT2D eigenvalue weighted by molar-refractivity contribution is -0.123. The number of halogens is 3. The fourth-order valence-electron chi connectivity index (χ4n) is 2.12. The van der Waals surface area contributed by atoms with Gasteiger partial charge < -0.3 is 9.73 Å². The van der Waals surface area contributed by atoms with Gasteiger partial charge in [0, 0.05) is 12.6 Å². The molecule has 1 heterocycles. The lowest BCUT2D eigenvalue weighted by Crippen LogP contribution is -2.33. The number of sulfonamides is 1. The van der Waals surface area contributed by atoms with Crippen molar-refractivity contribution >= 4 is 15.9 Å². The number of carbonyl (C=O) groups excluding carboxylic acids is 1. The van der Waals surface area contributed by atoms with E-state index in [0.29, 0.717) is 11.5 Å². The molecule has 10 heteroatoms. The fraction of sp³-hybridized carbons (Fsp3) is 0.312. The average molecular weight is 390 g/mol. The Labute approximate surface area is 148 Å². The Balaban J connectivity index is 2.09. The van der Waals surface area contributed by atoms with Crippen molar-refractivity contribution in [3.63, 3.8) is 0 Å². The first-order valence-corrected chi connectivity index (χ1v) is 8.90. The number of rotatable bonds is 6. The van der Waals surface area contributed by atoms with Gasteiger partial charge >= 0.3 is 6.18 Å². The third kappa shape index (κ3) is 5.09. The molecule has 26 heavy (non-hydrogen) atoms. The minimum atomic E-state index is -4.52. The molecule has 0 aliphatic carbocycles. The maximum Gasteiger partial charge on any atom is 0.405 e. The lowest BCUT2D eigenvalue weighted by atomic mass is 10.2. The molecule has 1 amide bonds. The van der Waals surface area contributed by atoms with E-state index in [9.17, 15) is 26.4 Å². The summed E-state index contributed by atoms with van der Waals surface area (Å²) in [5.41, 5.74) is -0.0717. The van der Waals surface area contributed by atoms with E-state index in [2.05, 4.69) is 0 Å². The van der Waals surface area contributed by atoms with E-state index >= 15 is 0 Å². The molecule has 0 saturated heterocycles. The van der Waals surface area contributed by atoms with Crippen LogP contribution in [0.5, 0.6) is 0 Å². The number of alkyl halides is 3. The standard InChI is InChI=1S/C16H17F3N2O4S/c1-11-3-6-13(25-11)9-21(2)26(23,24)14-7-4-12(5-8-14)15(22)20-10-16(17,18)19/h3-8H,9-10H2,1-2H3,(H,20,22). The second-order valence-electron chi connectivity index (χ2n) is 5.60. The number of furan rings is 1. The summed E-state index contributed by atoms with van der Waals surface area (Å²) in [7, 11) is -2.47. The Bertz CT molecular complexity index is 874. The zero-order chi connectivity index (χ0) is 19.5. The van der Waals surface area contributed by atoms with Gasteiger partial charge in [-0.05, 0) is 43.3 Å². The van der Waals surface area contributed by atoms with Gasteiger partial charge in [-0.1, -0.05) is 0 Å². The van der Waals surface area contributed by atoms with Crippen LogP contribution >= 0.6 is 0 Å². The van der Waals surface area contributed by atoms with Gasteiger partial charge in [0.05, 0.1) is 11.4 Å². The highest BCUT2D eigenvalue weighted by Gasteiger charge is 2.28. The number of carbonyl (C=O) groups is 1. The van der Waals surface area contributed by atoms with Crippen LogP contribution in [-0.4, -0.2) is 38.4 Å². The topological polar surface area (TPSA) is 79.6 Å². The van der Waals surface area contributed by atoms with Crippen LogP contribution < -0.4 is 5.32 Å². The maximum atomic E-state index is 12.5. The fourth-order valence-corrected chi connectivity index (χ4v) is 3.25. The largest absolute Gasteiger partial charge is 0.465 e. The number of benzene rings is 1. The minimum Gasteiger partial charge on any atom is -0.465 e. The van der Waals surface area contributed by atoms with E-state index in [1.54, 1.807) is 24.4 Å². The van der Waals surface area contributed by atoms with Crippen LogP contribution in [0.4, 0.5) is 13.2 Å². The molecular weight excluding hydrogens is 373 g/mol. The summed E-state index contributed by atoms with van der Waals surface area (Å²) in [4.78, 5) is 11.6. The number of nitrogens with one attached hydrogen (secondary N) is 1. The molecule has 2 rings (SSSR count). The van der Waals surface area contributed by atoms with Crippen LogP contribution in [-0.2, 0) is 16.6 Å². The SMILES string of the molecule is Cc1ccc(CN(C)S(=O)(=O)c2ccc(C(=O)NCC(F)(F)F)cc2)o1. The van der Waals surface area contributed by atoms with Crippen LogP contribution in [0.1, 0.15) is 21.9 Å². The van der Waals surface area contributed by atoms with E-state index < -0.39 is 28.7 Å². The van der Waals surface area contributed by atoms with Gasteiger partial charge in [-0.2, -0.15) is 17.5 Å². The predicted molar refractivity (Wildman–Crippen MR) is 86.9 cm³/mol. The third-order valence-corrected chi connectivity index (χ3v) is 5.27. The number of hydrogen-bond donors (Lipinski definition) is 1. The van der Waals surface area contributed by atoms with Gasteiger partial charge in [0.2, 0.25) is 10.0 Å². The molecule has 0 unspecified atom stereocenters. The maximum absolute atomic E-state index is 12.5. The van der Waals surface area contributed by atoms with Gasteiger partial charge in [-0.25, -0.2) is 8.42 Å². The second kappa shape index (κ2) is 7.50. The summed E-state index contributed by atoms with van der Waals surface area (Å²) in [6.45, 7) is 0.293. The van der Waals surface area contributed by atoms with Gasteiger partial charge in [0.1, 0.15) is 18.1 Å². The summed E-state index contributed by atoms with van der Waals surface area (Å²) in [6.07, 6.45) is -4.52. The zero-order valence-corrected chi connectivity index (χ0v) is 14.8. The molecule has 0 spiro atoms. The smallest absolute Gasteiger partial charge is 0.405 e. The summed E-state index contributed by atoms with van der Waals surface area (Å²) in [5, 5.41) is 1.72. The highest BCUT2D eigenvalue weighted by Crippen LogP contribution is 2.19. The Morgan fingerprint density at radius 1 is 1.15 bits per heavy atom. The molecule has 2 aromatic rings. The Kier molecular flexibility index (Phi) is 5.77. The van der Waals surface area contributed by atoms with Crippen molar-refractivity contribution in [1.82, 2.24) is 9.62 Å². The molecule has 0 saturated carbocycles. The quantitative estimate of drug-likeness (QED) is 0.823. The zero-order valence-electron chi connectivity index (χ0n) is 14.0. The lowest BCUT2D eigenvalue weighted by Gasteiger charge is -2.16. The van der Waals surface area contributed by atoms with Crippen molar-refractivity contribution in [3.8, 4) is 0 Å². The first kappa shape index (κ1) is 20.0. The number of hydrogen-bond acceptors (Lipinski definition) is 4. The average Bonchev–Trinajstić information content (AvgIpc) is 2.97. The molecule has 6 nitrogen and oxygen atoms in total. The van der Waals surface area contributed by atoms with Crippen molar-refractivity contribution in [2.45, 2.75) is 24.5 Å². The predicted octanol–water partition coefficient (Wildman–Crippen LogP) is 2.70. The van der Waals surface area contributed by atoms with Gasteiger partial charge in [-0.3, -0.25) is 4.79 Å². The van der Waals surface area contributed by atoms with Gasteiger partial charge in [0.25, 0.3) is 5.91 Å². The molecule has 0 atom stereocenters. The van der Waals surface area contributed by atoms with Crippen LogP contribution in [0.25, 0.3) is 0 Å². The van der Waals surface area contributed by atoms with Crippen LogP contribution in [0, 0.1) is 6.92 Å². The van der Waals surface area contributed by atoms with E-state index in [0.717, 1.165) is 16.4 Å². The second-order valence-corrected chi connectivity index (χ2v) is 7.64. The van der Waals surface area contributed by atoms with Crippen molar-refractivity contribution in [2.75, 3.05) is 13.6 Å². The van der Waals surface area contributed by atoms with E-state index in [1.165, 1.54) is 19.2 Å². The normalized spacial score (nSPS) is 12.4. The van der Waals surface area contributed by atoms with Crippen molar-refractivity contribution < 1.29 is 30.8 Å². The van der Waals surface area contributed by atoms with Crippen LogP contribution in [0.15, 0.2) is 45.7 Å². The summed E-state index contributed by atoms with van der Waals surface area (Å²) in [6, 6.07) is 8.02. The molecule has 0 fully saturated rings. The molecule has 0 radical (unpaired) electrons. The monoisotopic (exact) mass is 390 g/mol.